The van der Waals surface area contributed by atoms with Gasteiger partial charge in [-0.05, 0) is 67.7 Å². The minimum atomic E-state index is -3.49. The van der Waals surface area contributed by atoms with Crippen LogP contribution in [-0.2, 0) is 10.0 Å². The summed E-state index contributed by atoms with van der Waals surface area (Å²) in [5, 5.41) is 0. The van der Waals surface area contributed by atoms with Crippen molar-refractivity contribution in [1.29, 1.82) is 0 Å². The highest BCUT2D eigenvalue weighted by atomic mass is 32.2. The second-order valence-corrected chi connectivity index (χ2v) is 10.9. The molecule has 0 aromatic heterocycles. The van der Waals surface area contributed by atoms with Crippen LogP contribution >= 0.6 is 0 Å². The molecule has 6 heteroatoms. The van der Waals surface area contributed by atoms with Crippen molar-refractivity contribution in [3.05, 3.63) is 78.0 Å². The van der Waals surface area contributed by atoms with Crippen LogP contribution < -0.4 is 14.4 Å². The number of rotatable bonds is 7. The second kappa shape index (κ2) is 9.61. The topological polar surface area (TPSA) is 69.4 Å². The second-order valence-electron chi connectivity index (χ2n) is 8.58. The highest BCUT2D eigenvalue weighted by Gasteiger charge is 2.46. The van der Waals surface area contributed by atoms with E-state index in [1.165, 1.54) is 37.7 Å². The highest BCUT2D eigenvalue weighted by molar-refractivity contribution is 7.91. The lowest BCUT2D eigenvalue weighted by Gasteiger charge is -2.37. The maximum absolute atomic E-state index is 13.2. The molecule has 0 bridgehead atoms. The molecule has 170 valence electrons. The van der Waals surface area contributed by atoms with Gasteiger partial charge in [0.1, 0.15) is 23.7 Å². The number of quaternary nitrogens is 1. The van der Waals surface area contributed by atoms with Crippen LogP contribution in [0, 0.1) is 0 Å². The fraction of sp³-hybridized carbons (Fsp3) is 0.385. The van der Waals surface area contributed by atoms with Gasteiger partial charge < -0.3 is 10.5 Å². The monoisotopic (exact) mass is 453 g/mol. The van der Waals surface area contributed by atoms with E-state index in [0.29, 0.717) is 29.6 Å². The Hall–Kier alpha value is -2.41. The van der Waals surface area contributed by atoms with Crippen LogP contribution in [0.1, 0.15) is 50.5 Å². The van der Waals surface area contributed by atoms with Crippen molar-refractivity contribution in [1.82, 2.24) is 3.89 Å². The molecule has 0 radical (unpaired) electrons. The normalized spacial score (nSPS) is 21.9. The summed E-state index contributed by atoms with van der Waals surface area (Å²) in [5.41, 5.74) is 8.69. The predicted octanol–water partition coefficient (Wildman–Crippen LogP) is 5.60. The average molecular weight is 454 g/mol. The summed E-state index contributed by atoms with van der Waals surface area (Å²) in [5.74, 6) is 2.16. The molecule has 2 N–H and O–H groups in total. The number of allylic oxidation sites excluding steroid dienone is 2. The molecule has 1 heterocycles. The van der Waals surface area contributed by atoms with Crippen molar-refractivity contribution >= 4 is 15.7 Å². The van der Waals surface area contributed by atoms with Gasteiger partial charge in [0.2, 0.25) is 0 Å². The fourth-order valence-corrected chi connectivity index (χ4v) is 6.61. The molecule has 1 saturated carbocycles. The van der Waals surface area contributed by atoms with Crippen LogP contribution in [0.2, 0.25) is 0 Å². The van der Waals surface area contributed by atoms with Crippen LogP contribution in [0.15, 0.2) is 72.5 Å². The largest absolute Gasteiger partial charge is 0.457 e. The quantitative estimate of drug-likeness (QED) is 0.554. The van der Waals surface area contributed by atoms with Crippen molar-refractivity contribution < 1.29 is 13.2 Å². The first-order valence-electron chi connectivity index (χ1n) is 11.6. The number of hydrogen-bond acceptors (Lipinski definition) is 4. The molecule has 1 unspecified atom stereocenters. The zero-order valence-electron chi connectivity index (χ0n) is 18.7. The number of nitrogens with zero attached hydrogens (tertiary/aromatic N) is 1. The standard InChI is InChI=1S/C26H33N2O3S/c1-2-32(29,30)28(19-7-6-10-24(28)20-27)23-13-17-26(18-14-23)31-25-15-11-22(12-16-25)21-8-4-3-5-9-21/h6-7,10-18,21H,2-5,8-9,19-20,27H2,1H3/q+1. The Labute approximate surface area is 191 Å². The molecule has 1 atom stereocenters. The van der Waals surface area contributed by atoms with Crippen molar-refractivity contribution in [2.75, 3.05) is 18.8 Å². The molecule has 2 aromatic rings. The van der Waals surface area contributed by atoms with E-state index in [1.807, 2.05) is 54.6 Å². The van der Waals surface area contributed by atoms with E-state index in [-0.39, 0.29) is 16.2 Å². The van der Waals surface area contributed by atoms with Gasteiger partial charge in [-0.25, -0.2) is 0 Å². The Morgan fingerprint density at radius 2 is 1.59 bits per heavy atom. The van der Waals surface area contributed by atoms with Gasteiger partial charge in [-0.2, -0.15) is 12.3 Å². The third kappa shape index (κ3) is 4.27. The van der Waals surface area contributed by atoms with E-state index >= 15 is 0 Å². The number of nitrogens with two attached hydrogens (primary N) is 1. The van der Waals surface area contributed by atoms with E-state index in [4.69, 9.17) is 10.5 Å². The molecule has 2 aromatic carbocycles. The third-order valence-electron chi connectivity index (χ3n) is 6.75. The van der Waals surface area contributed by atoms with Gasteiger partial charge in [-0.3, -0.25) is 0 Å². The number of benzene rings is 2. The Morgan fingerprint density at radius 1 is 0.969 bits per heavy atom. The molecular weight excluding hydrogens is 420 g/mol. The summed E-state index contributed by atoms with van der Waals surface area (Å²) in [6.07, 6.45) is 12.1. The highest BCUT2D eigenvalue weighted by Crippen LogP contribution is 2.38. The maximum atomic E-state index is 13.2. The van der Waals surface area contributed by atoms with Crippen molar-refractivity contribution in [2.45, 2.75) is 44.9 Å². The molecule has 32 heavy (non-hydrogen) atoms. The van der Waals surface area contributed by atoms with E-state index in [1.54, 1.807) is 6.92 Å². The first-order valence-corrected chi connectivity index (χ1v) is 13.2. The minimum Gasteiger partial charge on any atom is -0.457 e. The molecule has 2 aliphatic rings. The van der Waals surface area contributed by atoms with Crippen molar-refractivity contribution in [3.63, 3.8) is 0 Å². The summed E-state index contributed by atoms with van der Waals surface area (Å²) >= 11 is 0. The van der Waals surface area contributed by atoms with Crippen LogP contribution in [0.5, 0.6) is 11.5 Å². The molecule has 1 aliphatic carbocycles. The summed E-state index contributed by atoms with van der Waals surface area (Å²) in [6.45, 7) is 2.19. The fourth-order valence-electron chi connectivity index (χ4n) is 4.92. The zero-order chi connectivity index (χ0) is 22.6. The first-order chi connectivity index (χ1) is 15.5. The van der Waals surface area contributed by atoms with E-state index in [0.717, 1.165) is 5.75 Å². The van der Waals surface area contributed by atoms with Gasteiger partial charge in [-0.15, -0.1) is 0 Å². The first kappa shape index (κ1) is 22.8. The maximum Gasteiger partial charge on any atom is 0.306 e. The van der Waals surface area contributed by atoms with Gasteiger partial charge in [-0.1, -0.05) is 37.5 Å². The van der Waals surface area contributed by atoms with Crippen molar-refractivity contribution in [3.8, 4) is 11.5 Å². The van der Waals surface area contributed by atoms with E-state index in [9.17, 15) is 8.42 Å². The summed E-state index contributed by atoms with van der Waals surface area (Å²) in [6, 6.07) is 15.7. The number of ether oxygens (including phenoxy) is 1. The molecule has 1 fully saturated rings. The van der Waals surface area contributed by atoms with Crippen LogP contribution in [0.25, 0.3) is 0 Å². The van der Waals surface area contributed by atoms with Gasteiger partial charge >= 0.3 is 10.0 Å². The Bertz CT molecular complexity index is 1080. The average Bonchev–Trinajstić information content (AvgIpc) is 2.85. The summed E-state index contributed by atoms with van der Waals surface area (Å²) < 4.78 is 32.2. The lowest BCUT2D eigenvalue weighted by atomic mass is 9.84. The zero-order valence-corrected chi connectivity index (χ0v) is 19.6. The molecular formula is C26H33N2O3S+. The van der Waals surface area contributed by atoms with Crippen molar-refractivity contribution in [2.24, 2.45) is 5.73 Å². The van der Waals surface area contributed by atoms with Crippen LogP contribution in [0.4, 0.5) is 5.69 Å². The van der Waals surface area contributed by atoms with Crippen LogP contribution in [-0.4, -0.2) is 27.3 Å². The summed E-state index contributed by atoms with van der Waals surface area (Å²) in [7, 11) is -3.49. The molecule has 0 saturated heterocycles. The van der Waals surface area contributed by atoms with Gasteiger partial charge in [0.15, 0.2) is 5.69 Å². The number of hydrogen-bond donors (Lipinski definition) is 1. The Kier molecular flexibility index (Phi) is 6.84. The predicted molar refractivity (Wildman–Crippen MR) is 131 cm³/mol. The molecule has 0 spiro atoms. The van der Waals surface area contributed by atoms with Gasteiger partial charge in [0.25, 0.3) is 0 Å². The SMILES string of the molecule is CCS(=O)(=O)[N+]1(c2ccc(Oc3ccc(C4CCCCC4)cc3)cc2)CC=CC=C1CN. The molecule has 0 amide bonds. The van der Waals surface area contributed by atoms with E-state index in [2.05, 4.69) is 12.1 Å². The van der Waals surface area contributed by atoms with Gasteiger partial charge in [0.05, 0.1) is 12.3 Å². The lowest BCUT2D eigenvalue weighted by molar-refractivity contribution is 0.442. The summed E-state index contributed by atoms with van der Waals surface area (Å²) in [4.78, 5) is 0. The minimum absolute atomic E-state index is 0.0315. The smallest absolute Gasteiger partial charge is 0.306 e. The van der Waals surface area contributed by atoms with Gasteiger partial charge in [0, 0.05) is 12.1 Å². The number of sulfonamides is 1. The Morgan fingerprint density at radius 3 is 2.19 bits per heavy atom. The lowest BCUT2D eigenvalue weighted by Crippen LogP contribution is -2.56. The molecule has 4 rings (SSSR count). The third-order valence-corrected chi connectivity index (χ3v) is 9.02. The Balaban J connectivity index is 1.55. The van der Waals surface area contributed by atoms with E-state index < -0.39 is 10.0 Å². The molecule has 5 nitrogen and oxygen atoms in total. The van der Waals surface area contributed by atoms with Crippen LogP contribution in [0.3, 0.4) is 0 Å². The molecule has 1 aliphatic heterocycles.